The highest BCUT2D eigenvalue weighted by atomic mass is 35.5. The quantitative estimate of drug-likeness (QED) is 0.429. The van der Waals surface area contributed by atoms with Crippen LogP contribution in [0.15, 0.2) is 18.5 Å². The van der Waals surface area contributed by atoms with Gasteiger partial charge in [-0.2, -0.15) is 32.8 Å². The summed E-state index contributed by atoms with van der Waals surface area (Å²) in [6, 6.07) is -0.741. The minimum atomic E-state index is -4.65. The molecule has 0 spiro atoms. The molecule has 168 valence electrons. The van der Waals surface area contributed by atoms with Gasteiger partial charge in [-0.15, -0.1) is 0 Å². The Labute approximate surface area is 179 Å². The number of nitrogens with zero attached hydrogens (tertiary/aromatic N) is 5. The first kappa shape index (κ1) is 23.1. The highest BCUT2D eigenvalue weighted by Crippen LogP contribution is 2.39. The van der Waals surface area contributed by atoms with Crippen LogP contribution in [0.3, 0.4) is 0 Å². The molecule has 1 unspecified atom stereocenters. The Balaban J connectivity index is 2.21. The number of alkyl halides is 3. The van der Waals surface area contributed by atoms with Gasteiger partial charge in [-0.1, -0.05) is 11.6 Å². The maximum absolute atomic E-state index is 15.1. The third-order valence-electron chi connectivity index (χ3n) is 4.53. The smallest absolute Gasteiger partial charge is 0.358 e. The molecule has 0 radical (unpaired) electrons. The second kappa shape index (κ2) is 8.52. The molecule has 13 heteroatoms. The third kappa shape index (κ3) is 4.70. The van der Waals surface area contributed by atoms with Crippen LogP contribution in [0.25, 0.3) is 16.9 Å². The highest BCUT2D eigenvalue weighted by Gasteiger charge is 2.37. The Morgan fingerprint density at radius 3 is 2.35 bits per heavy atom. The van der Waals surface area contributed by atoms with Crippen LogP contribution in [-0.4, -0.2) is 57.3 Å². The van der Waals surface area contributed by atoms with Crippen molar-refractivity contribution in [3.05, 3.63) is 40.8 Å². The van der Waals surface area contributed by atoms with Gasteiger partial charge < -0.3 is 16.0 Å². The van der Waals surface area contributed by atoms with Gasteiger partial charge in [0.25, 0.3) is 5.78 Å². The SMILES string of the molecule is C[C@H](Nc1c(-c2c(F)cc(C(N)CN(C)C)cc2F)c(Cl)nc2ncnn12)C(F)(F)F. The summed E-state index contributed by atoms with van der Waals surface area (Å²) in [6.07, 6.45) is -3.62. The molecule has 2 aromatic heterocycles. The Morgan fingerprint density at radius 2 is 1.81 bits per heavy atom. The topological polar surface area (TPSA) is 84.4 Å². The zero-order valence-electron chi connectivity index (χ0n) is 16.7. The average Bonchev–Trinajstić information content (AvgIpc) is 3.09. The predicted molar refractivity (Wildman–Crippen MR) is 106 cm³/mol. The van der Waals surface area contributed by atoms with Crippen LogP contribution >= 0.6 is 11.6 Å². The van der Waals surface area contributed by atoms with Gasteiger partial charge in [0.2, 0.25) is 0 Å². The molecule has 0 saturated carbocycles. The molecule has 3 rings (SSSR count). The minimum absolute atomic E-state index is 0.143. The van der Waals surface area contributed by atoms with Crippen molar-refractivity contribution in [2.75, 3.05) is 26.0 Å². The van der Waals surface area contributed by atoms with Gasteiger partial charge in [-0.25, -0.2) is 8.78 Å². The summed E-state index contributed by atoms with van der Waals surface area (Å²) in [6.45, 7) is 1.16. The van der Waals surface area contributed by atoms with Gasteiger partial charge in [-0.3, -0.25) is 0 Å². The van der Waals surface area contributed by atoms with E-state index in [1.807, 2.05) is 0 Å². The number of anilines is 1. The molecule has 0 amide bonds. The molecule has 2 atom stereocenters. The van der Waals surface area contributed by atoms with Crippen LogP contribution < -0.4 is 11.1 Å². The van der Waals surface area contributed by atoms with E-state index in [1.165, 1.54) is 0 Å². The van der Waals surface area contributed by atoms with Crippen molar-refractivity contribution in [3.63, 3.8) is 0 Å². The van der Waals surface area contributed by atoms with E-state index in [-0.39, 0.29) is 11.3 Å². The zero-order valence-corrected chi connectivity index (χ0v) is 17.4. The molecule has 0 bridgehead atoms. The van der Waals surface area contributed by atoms with Crippen molar-refractivity contribution >= 4 is 23.2 Å². The summed E-state index contributed by atoms with van der Waals surface area (Å²) < 4.78 is 70.6. The van der Waals surface area contributed by atoms with Crippen molar-refractivity contribution in [1.29, 1.82) is 0 Å². The van der Waals surface area contributed by atoms with Crippen LogP contribution in [0.2, 0.25) is 5.15 Å². The van der Waals surface area contributed by atoms with Crippen LogP contribution in [-0.2, 0) is 0 Å². The number of fused-ring (bicyclic) bond motifs is 1. The van der Waals surface area contributed by atoms with Crippen LogP contribution in [0.1, 0.15) is 18.5 Å². The van der Waals surface area contributed by atoms with E-state index in [9.17, 15) is 13.2 Å². The molecule has 0 fully saturated rings. The lowest BCUT2D eigenvalue weighted by Gasteiger charge is -2.22. The van der Waals surface area contributed by atoms with Crippen molar-refractivity contribution < 1.29 is 22.0 Å². The molecule has 2 heterocycles. The van der Waals surface area contributed by atoms with Crippen LogP contribution in [0, 0.1) is 11.6 Å². The summed E-state index contributed by atoms with van der Waals surface area (Å²) in [5.74, 6) is -2.67. The summed E-state index contributed by atoms with van der Waals surface area (Å²) in [4.78, 5) is 9.42. The summed E-state index contributed by atoms with van der Waals surface area (Å²) in [5.41, 5.74) is 5.08. The Hall–Kier alpha value is -2.57. The van der Waals surface area contributed by atoms with Crippen LogP contribution in [0.5, 0.6) is 0 Å². The maximum atomic E-state index is 15.1. The van der Waals surface area contributed by atoms with Gasteiger partial charge >= 0.3 is 6.18 Å². The molecule has 1 aromatic carbocycles. The predicted octanol–water partition coefficient (Wildman–Crippen LogP) is 3.65. The van der Waals surface area contributed by atoms with E-state index in [4.69, 9.17) is 17.3 Å². The monoisotopic (exact) mass is 463 g/mol. The number of aromatic nitrogens is 4. The molecular weight excluding hydrogens is 445 g/mol. The first-order valence-corrected chi connectivity index (χ1v) is 9.40. The minimum Gasteiger partial charge on any atom is -0.358 e. The van der Waals surface area contributed by atoms with Gasteiger partial charge in [-0.05, 0) is 38.7 Å². The number of nitrogens with two attached hydrogens (primary N) is 1. The second-order valence-electron chi connectivity index (χ2n) is 7.23. The molecule has 3 N–H and O–H groups in total. The summed E-state index contributed by atoms with van der Waals surface area (Å²) in [5, 5.41) is 5.54. The molecular formula is C18H19ClF5N7. The number of nitrogens with one attached hydrogen (secondary N) is 1. The van der Waals surface area contributed by atoms with Crippen molar-refractivity contribution in [1.82, 2.24) is 24.5 Å². The molecule has 0 aliphatic carbocycles. The number of hydrogen-bond donors (Lipinski definition) is 2. The van der Waals surface area contributed by atoms with Gasteiger partial charge in [0.1, 0.15) is 35.0 Å². The highest BCUT2D eigenvalue weighted by molar-refractivity contribution is 6.33. The molecule has 0 aliphatic heterocycles. The van der Waals surface area contributed by atoms with E-state index >= 15 is 8.78 Å². The first-order chi connectivity index (χ1) is 14.4. The van der Waals surface area contributed by atoms with E-state index in [1.54, 1.807) is 19.0 Å². The first-order valence-electron chi connectivity index (χ1n) is 9.02. The summed E-state index contributed by atoms with van der Waals surface area (Å²) in [7, 11) is 3.50. The second-order valence-corrected chi connectivity index (χ2v) is 7.59. The van der Waals surface area contributed by atoms with Gasteiger partial charge in [0.15, 0.2) is 0 Å². The maximum Gasteiger partial charge on any atom is 0.408 e. The molecule has 0 aliphatic rings. The fourth-order valence-corrected chi connectivity index (χ4v) is 3.26. The molecule has 7 nitrogen and oxygen atoms in total. The molecule has 3 aromatic rings. The van der Waals surface area contributed by atoms with Crippen molar-refractivity contribution in [2.24, 2.45) is 5.73 Å². The lowest BCUT2D eigenvalue weighted by Crippen LogP contribution is -2.34. The fourth-order valence-electron chi connectivity index (χ4n) is 3.00. The Morgan fingerprint density at radius 1 is 1.19 bits per heavy atom. The number of hydrogen-bond acceptors (Lipinski definition) is 6. The van der Waals surface area contributed by atoms with E-state index in [2.05, 4.69) is 20.4 Å². The van der Waals surface area contributed by atoms with E-state index in [0.717, 1.165) is 29.9 Å². The van der Waals surface area contributed by atoms with E-state index < -0.39 is 52.0 Å². The zero-order chi connectivity index (χ0) is 23.1. The van der Waals surface area contributed by atoms with Crippen molar-refractivity contribution in [3.8, 4) is 11.1 Å². The number of rotatable bonds is 6. The molecule has 31 heavy (non-hydrogen) atoms. The van der Waals surface area contributed by atoms with Gasteiger partial charge in [0, 0.05) is 12.6 Å². The average molecular weight is 464 g/mol. The van der Waals surface area contributed by atoms with E-state index in [0.29, 0.717) is 6.54 Å². The number of halogens is 6. The lowest BCUT2D eigenvalue weighted by molar-refractivity contribution is -0.138. The number of likely N-dealkylation sites (N-methyl/N-ethyl adjacent to an activating group) is 1. The Kier molecular flexibility index (Phi) is 6.35. The van der Waals surface area contributed by atoms with Crippen molar-refractivity contribution in [2.45, 2.75) is 25.2 Å². The lowest BCUT2D eigenvalue weighted by atomic mass is 10.00. The van der Waals surface area contributed by atoms with Gasteiger partial charge in [0.05, 0.1) is 11.1 Å². The number of benzene rings is 1. The normalized spacial score (nSPS) is 14.3. The summed E-state index contributed by atoms with van der Waals surface area (Å²) >= 11 is 6.13. The molecule has 0 saturated heterocycles. The Bertz CT molecular complexity index is 1080. The third-order valence-corrected chi connectivity index (χ3v) is 4.80. The van der Waals surface area contributed by atoms with Crippen LogP contribution in [0.4, 0.5) is 27.8 Å². The standard InChI is InChI=1S/C18H19ClF5N7/c1-8(18(22,23)24)28-16-14(15(19)29-17-26-7-27-31(16)17)13-10(20)4-9(5-11(13)21)12(25)6-30(2)3/h4-5,7-8,12,28H,6,25H2,1-3H3/t8-,12?/m0/s1. The largest absolute Gasteiger partial charge is 0.408 e. The fraction of sp³-hybridized carbons (Fsp3) is 0.389.